The molecule has 0 aliphatic rings. The topological polar surface area (TPSA) is 42.5 Å². The Morgan fingerprint density at radius 2 is 1.73 bits per heavy atom. The monoisotopic (exact) mass is 316 g/mol. The van der Waals surface area contributed by atoms with E-state index in [9.17, 15) is 0 Å². The van der Waals surface area contributed by atoms with Gasteiger partial charge >= 0.3 is 0 Å². The van der Waals surface area contributed by atoms with E-state index in [1.807, 2.05) is 48.5 Å². The van der Waals surface area contributed by atoms with Crippen molar-refractivity contribution in [1.29, 1.82) is 0 Å². The lowest BCUT2D eigenvalue weighted by atomic mass is 10.2. The van der Waals surface area contributed by atoms with Gasteiger partial charge in [-0.2, -0.15) is 0 Å². The third-order valence-corrected chi connectivity index (χ3v) is 3.27. The maximum absolute atomic E-state index is 5.67. The van der Waals surface area contributed by atoms with Gasteiger partial charge in [0.1, 0.15) is 6.61 Å². The number of hydrogen-bond donors (Lipinski definition) is 2. The molecule has 0 bridgehead atoms. The van der Waals surface area contributed by atoms with Crippen LogP contribution in [0.1, 0.15) is 5.56 Å². The molecule has 0 heterocycles. The van der Waals surface area contributed by atoms with Crippen LogP contribution in [0.2, 0.25) is 0 Å². The summed E-state index contributed by atoms with van der Waals surface area (Å²) in [6.45, 7) is 3.15. The zero-order valence-corrected chi connectivity index (χ0v) is 13.6. The standard InChI is InChI=1S/C17H20N2O2S/c1-13-7-9-14(10-8-13)19-17(22)18-11-12-21-16-6-4-3-5-15(16)20-2/h3-10H,11-12H2,1-2H3,(H2,18,19,22). The maximum Gasteiger partial charge on any atom is 0.170 e. The number of rotatable bonds is 6. The molecule has 5 heteroatoms. The summed E-state index contributed by atoms with van der Waals surface area (Å²) >= 11 is 5.25. The maximum atomic E-state index is 5.67. The molecule has 2 aromatic carbocycles. The van der Waals surface area contributed by atoms with Gasteiger partial charge in [0.25, 0.3) is 0 Å². The number of aryl methyl sites for hydroxylation is 1. The van der Waals surface area contributed by atoms with Gasteiger partial charge in [0.05, 0.1) is 13.7 Å². The van der Waals surface area contributed by atoms with Gasteiger partial charge in [-0.1, -0.05) is 29.8 Å². The van der Waals surface area contributed by atoms with Crippen LogP contribution in [0.4, 0.5) is 5.69 Å². The highest BCUT2D eigenvalue weighted by molar-refractivity contribution is 7.80. The SMILES string of the molecule is COc1ccccc1OCCNC(=S)Nc1ccc(C)cc1. The molecule has 0 aromatic heterocycles. The third-order valence-electron chi connectivity index (χ3n) is 3.02. The van der Waals surface area contributed by atoms with Crippen molar-refractivity contribution in [1.82, 2.24) is 5.32 Å². The van der Waals surface area contributed by atoms with Gasteiger partial charge < -0.3 is 20.1 Å². The smallest absolute Gasteiger partial charge is 0.170 e. The van der Waals surface area contributed by atoms with E-state index in [2.05, 4.69) is 17.6 Å². The van der Waals surface area contributed by atoms with Crippen LogP contribution in [0, 0.1) is 6.92 Å². The van der Waals surface area contributed by atoms with E-state index >= 15 is 0 Å². The zero-order chi connectivity index (χ0) is 15.8. The van der Waals surface area contributed by atoms with E-state index in [4.69, 9.17) is 21.7 Å². The van der Waals surface area contributed by atoms with Crippen molar-refractivity contribution >= 4 is 23.0 Å². The van der Waals surface area contributed by atoms with E-state index in [0.717, 1.165) is 17.2 Å². The van der Waals surface area contributed by atoms with E-state index in [-0.39, 0.29) is 0 Å². The third kappa shape index (κ3) is 4.93. The van der Waals surface area contributed by atoms with E-state index in [0.29, 0.717) is 18.3 Å². The Balaban J connectivity index is 1.72. The van der Waals surface area contributed by atoms with Gasteiger partial charge in [-0.25, -0.2) is 0 Å². The Bertz CT molecular complexity index is 614. The predicted octanol–water partition coefficient (Wildman–Crippen LogP) is 3.37. The highest BCUT2D eigenvalue weighted by Gasteiger charge is 2.02. The molecule has 116 valence electrons. The van der Waals surface area contributed by atoms with Crippen LogP contribution in [-0.4, -0.2) is 25.4 Å². The lowest BCUT2D eigenvalue weighted by Gasteiger charge is -2.13. The summed E-state index contributed by atoms with van der Waals surface area (Å²) < 4.78 is 10.9. The summed E-state index contributed by atoms with van der Waals surface area (Å²) in [5.41, 5.74) is 2.18. The molecule has 0 amide bonds. The number of nitrogens with one attached hydrogen (secondary N) is 2. The molecule has 2 rings (SSSR count). The molecule has 0 unspecified atom stereocenters. The number of methoxy groups -OCH3 is 1. The van der Waals surface area contributed by atoms with Crippen molar-refractivity contribution in [3.63, 3.8) is 0 Å². The summed E-state index contributed by atoms with van der Waals surface area (Å²) in [5.74, 6) is 1.45. The van der Waals surface area contributed by atoms with Crippen LogP contribution in [0.25, 0.3) is 0 Å². The van der Waals surface area contributed by atoms with Crippen LogP contribution in [0.3, 0.4) is 0 Å². The molecule has 2 aromatic rings. The molecule has 0 aliphatic heterocycles. The Hall–Kier alpha value is -2.27. The van der Waals surface area contributed by atoms with Crippen molar-refractivity contribution in [3.8, 4) is 11.5 Å². The Kier molecular flexibility index (Phi) is 6.03. The summed E-state index contributed by atoms with van der Waals surface area (Å²) in [6.07, 6.45) is 0. The molecular formula is C17H20N2O2S. The number of para-hydroxylation sites is 2. The van der Waals surface area contributed by atoms with Crippen molar-refractivity contribution in [2.45, 2.75) is 6.92 Å². The first-order chi connectivity index (χ1) is 10.7. The minimum absolute atomic E-state index is 0.496. The highest BCUT2D eigenvalue weighted by atomic mass is 32.1. The molecule has 2 N–H and O–H groups in total. The van der Waals surface area contributed by atoms with Crippen molar-refractivity contribution in [3.05, 3.63) is 54.1 Å². The average molecular weight is 316 g/mol. The van der Waals surface area contributed by atoms with Crippen molar-refractivity contribution in [2.24, 2.45) is 0 Å². The average Bonchev–Trinajstić information content (AvgIpc) is 2.54. The van der Waals surface area contributed by atoms with Crippen molar-refractivity contribution < 1.29 is 9.47 Å². The predicted molar refractivity (Wildman–Crippen MR) is 93.9 cm³/mol. The second kappa shape index (κ2) is 8.24. The normalized spacial score (nSPS) is 9.91. The van der Waals surface area contributed by atoms with Crippen LogP contribution in [0.5, 0.6) is 11.5 Å². The first-order valence-corrected chi connectivity index (χ1v) is 7.47. The lowest BCUT2D eigenvalue weighted by molar-refractivity contribution is 0.298. The Labute approximate surface area is 136 Å². The Morgan fingerprint density at radius 1 is 1.05 bits per heavy atom. The van der Waals surface area contributed by atoms with Crippen LogP contribution in [0.15, 0.2) is 48.5 Å². The molecule has 0 radical (unpaired) electrons. The highest BCUT2D eigenvalue weighted by Crippen LogP contribution is 2.25. The fourth-order valence-electron chi connectivity index (χ4n) is 1.88. The largest absolute Gasteiger partial charge is 0.493 e. The van der Waals surface area contributed by atoms with Gasteiger partial charge in [0.15, 0.2) is 16.6 Å². The quantitative estimate of drug-likeness (QED) is 0.632. The molecule has 0 aliphatic carbocycles. The first-order valence-electron chi connectivity index (χ1n) is 7.06. The molecule has 0 atom stereocenters. The number of anilines is 1. The second-order valence-electron chi connectivity index (χ2n) is 4.75. The Morgan fingerprint density at radius 3 is 2.41 bits per heavy atom. The summed E-state index contributed by atoms with van der Waals surface area (Å²) in [6, 6.07) is 15.6. The van der Waals surface area contributed by atoms with Crippen molar-refractivity contribution in [2.75, 3.05) is 25.6 Å². The molecule has 0 saturated heterocycles. The number of hydrogen-bond acceptors (Lipinski definition) is 3. The second-order valence-corrected chi connectivity index (χ2v) is 5.15. The fourth-order valence-corrected chi connectivity index (χ4v) is 2.10. The minimum Gasteiger partial charge on any atom is -0.493 e. The molecular weight excluding hydrogens is 296 g/mol. The number of thiocarbonyl (C=S) groups is 1. The van der Waals surface area contributed by atoms with Gasteiger partial charge in [-0.15, -0.1) is 0 Å². The molecule has 0 fully saturated rings. The van der Waals surface area contributed by atoms with Gasteiger partial charge in [0, 0.05) is 5.69 Å². The lowest BCUT2D eigenvalue weighted by Crippen LogP contribution is -2.31. The van der Waals surface area contributed by atoms with Gasteiger partial charge in [-0.05, 0) is 43.4 Å². The van der Waals surface area contributed by atoms with Crippen LogP contribution < -0.4 is 20.1 Å². The van der Waals surface area contributed by atoms with Crippen LogP contribution >= 0.6 is 12.2 Å². The molecule has 0 spiro atoms. The van der Waals surface area contributed by atoms with Gasteiger partial charge in [-0.3, -0.25) is 0 Å². The van der Waals surface area contributed by atoms with E-state index < -0.39 is 0 Å². The number of ether oxygens (including phenoxy) is 2. The van der Waals surface area contributed by atoms with E-state index in [1.54, 1.807) is 7.11 Å². The first kappa shape index (κ1) is 16.1. The number of benzene rings is 2. The molecule has 4 nitrogen and oxygen atoms in total. The zero-order valence-electron chi connectivity index (χ0n) is 12.8. The summed E-state index contributed by atoms with van der Waals surface area (Å²) in [5, 5.41) is 6.81. The summed E-state index contributed by atoms with van der Waals surface area (Å²) in [4.78, 5) is 0. The van der Waals surface area contributed by atoms with Crippen LogP contribution in [-0.2, 0) is 0 Å². The fraction of sp³-hybridized carbons (Fsp3) is 0.235. The van der Waals surface area contributed by atoms with Gasteiger partial charge in [0.2, 0.25) is 0 Å². The molecule has 0 saturated carbocycles. The minimum atomic E-state index is 0.496. The summed E-state index contributed by atoms with van der Waals surface area (Å²) in [7, 11) is 1.63. The van der Waals surface area contributed by atoms with E-state index in [1.165, 1.54) is 5.56 Å². The molecule has 22 heavy (non-hydrogen) atoms.